The number of hydrogen-bond acceptors (Lipinski definition) is 8. The van der Waals surface area contributed by atoms with Gasteiger partial charge in [-0.25, -0.2) is 34.9 Å². The van der Waals surface area contributed by atoms with Crippen molar-refractivity contribution in [3.63, 3.8) is 0 Å². The lowest BCUT2D eigenvalue weighted by Gasteiger charge is -2.38. The van der Waals surface area contributed by atoms with Crippen LogP contribution >= 0.6 is 0 Å². The summed E-state index contributed by atoms with van der Waals surface area (Å²) >= 11 is 0. The van der Waals surface area contributed by atoms with Gasteiger partial charge in [0.25, 0.3) is 0 Å². The number of aliphatic hydroxyl groups is 1. The van der Waals surface area contributed by atoms with Gasteiger partial charge in [0.1, 0.15) is 12.3 Å². The maximum absolute atomic E-state index is 14.4. The summed E-state index contributed by atoms with van der Waals surface area (Å²) in [5, 5.41) is 14.6. The van der Waals surface area contributed by atoms with Crippen LogP contribution < -0.4 is 10.1 Å². The fraction of sp³-hybridized carbons (Fsp3) is 0.938. The predicted molar refractivity (Wildman–Crippen MR) is 183 cm³/mol. The Hall–Kier alpha value is -1.46. The fourth-order valence-electron chi connectivity index (χ4n) is 7.06. The largest absolute Gasteiger partial charge is 0.390 e. The van der Waals surface area contributed by atoms with Gasteiger partial charge in [-0.05, 0) is 63.2 Å². The molecule has 0 heterocycles. The van der Waals surface area contributed by atoms with Crippen LogP contribution in [0.2, 0.25) is 0 Å². The van der Waals surface area contributed by atoms with Gasteiger partial charge in [-0.15, -0.1) is 4.83 Å². The molecular weight excluding hydrogens is 669 g/mol. The molecule has 0 saturated heterocycles. The van der Waals surface area contributed by atoms with E-state index in [1.807, 2.05) is 13.8 Å². The molecule has 2 saturated carbocycles. The van der Waals surface area contributed by atoms with Crippen molar-refractivity contribution in [2.24, 2.45) is 23.7 Å². The Morgan fingerprint density at radius 3 is 1.94 bits per heavy atom. The summed E-state index contributed by atoms with van der Waals surface area (Å²) in [6, 6.07) is -1.01. The van der Waals surface area contributed by atoms with Crippen LogP contribution in [0.25, 0.3) is 0 Å². The molecule has 0 aromatic carbocycles. The monoisotopic (exact) mass is 729 g/mol. The first-order valence-corrected chi connectivity index (χ1v) is 20.7. The molecule has 0 aromatic rings. The second-order valence-corrected chi connectivity index (χ2v) is 18.5. The normalized spacial score (nSPS) is 26.9. The topological polar surface area (TPSA) is 156 Å². The van der Waals surface area contributed by atoms with E-state index in [1.165, 1.54) is 19.1 Å². The summed E-state index contributed by atoms with van der Waals surface area (Å²) in [7, 11) is -4.72. The Morgan fingerprint density at radius 1 is 0.875 bits per heavy atom. The summed E-state index contributed by atoms with van der Waals surface area (Å²) < 4.78 is 81.8. The summed E-state index contributed by atoms with van der Waals surface area (Å²) in [6.45, 7) is 10.1. The molecule has 0 radical (unpaired) electrons. The third-order valence-electron chi connectivity index (χ3n) is 9.29. The van der Waals surface area contributed by atoms with E-state index in [4.69, 9.17) is 0 Å². The Morgan fingerprint density at radius 2 is 1.44 bits per heavy atom. The van der Waals surface area contributed by atoms with Gasteiger partial charge in [-0.1, -0.05) is 34.6 Å². The second-order valence-electron chi connectivity index (χ2n) is 14.4. The molecule has 2 rings (SSSR count). The number of hydrogen-bond donors (Lipinski definition) is 3. The van der Waals surface area contributed by atoms with E-state index in [0.29, 0.717) is 13.1 Å². The molecule has 0 aromatic heterocycles. The molecule has 2 amide bonds. The molecule has 12 nitrogen and oxygen atoms in total. The number of hydrazine groups is 1. The number of aliphatic hydroxyl groups excluding tert-OH is 1. The SMILES string of the molecule is CCCN(CCC)C(=O)C1CC(C(=O)NC(CC2CC(F)CC(F)C2)C(O)CN(CC)NS(=O)(=O)CC(C)C)CC(S(=O)(=O)N(C)C)C1. The lowest BCUT2D eigenvalue weighted by molar-refractivity contribution is -0.138. The van der Waals surface area contributed by atoms with Crippen LogP contribution in [-0.4, -0.2) is 124 Å². The summed E-state index contributed by atoms with van der Waals surface area (Å²) in [6.07, 6.45) is -2.47. The number of alkyl halides is 2. The highest BCUT2D eigenvalue weighted by atomic mass is 32.2. The van der Waals surface area contributed by atoms with E-state index < -0.39 is 73.4 Å². The maximum Gasteiger partial charge on any atom is 0.225 e. The first-order chi connectivity index (χ1) is 22.3. The van der Waals surface area contributed by atoms with Gasteiger partial charge in [0.2, 0.25) is 31.9 Å². The Bertz CT molecular complexity index is 1230. The van der Waals surface area contributed by atoms with Crippen molar-refractivity contribution in [1.82, 2.24) is 24.4 Å². The zero-order chi connectivity index (χ0) is 36.4. The minimum Gasteiger partial charge on any atom is -0.390 e. The van der Waals surface area contributed by atoms with Crippen LogP contribution in [-0.2, 0) is 29.6 Å². The molecule has 7 unspecified atom stereocenters. The Kier molecular flexibility index (Phi) is 17.1. The van der Waals surface area contributed by atoms with Crippen molar-refractivity contribution in [3.8, 4) is 0 Å². The number of carbonyl (C=O) groups excluding carboxylic acids is 2. The number of sulfonamides is 2. The maximum atomic E-state index is 14.4. The van der Waals surface area contributed by atoms with Crippen molar-refractivity contribution in [2.45, 2.75) is 122 Å². The van der Waals surface area contributed by atoms with Crippen molar-refractivity contribution < 1.29 is 40.3 Å². The molecule has 7 atom stereocenters. The highest BCUT2D eigenvalue weighted by Gasteiger charge is 2.44. The van der Waals surface area contributed by atoms with E-state index in [0.717, 1.165) is 17.1 Å². The van der Waals surface area contributed by atoms with Crippen molar-refractivity contribution in [2.75, 3.05) is 46.0 Å². The van der Waals surface area contributed by atoms with Crippen LogP contribution in [0.15, 0.2) is 0 Å². The zero-order valence-corrected chi connectivity index (χ0v) is 31.5. The highest BCUT2D eigenvalue weighted by Crippen LogP contribution is 2.36. The minimum absolute atomic E-state index is 0.0287. The van der Waals surface area contributed by atoms with Crippen molar-refractivity contribution in [1.29, 1.82) is 0 Å². The first kappa shape index (κ1) is 42.7. The number of nitrogens with one attached hydrogen (secondary N) is 2. The van der Waals surface area contributed by atoms with E-state index in [2.05, 4.69) is 10.1 Å². The average molecular weight is 730 g/mol. The molecule has 2 aliphatic carbocycles. The van der Waals surface area contributed by atoms with Crippen LogP contribution in [0.3, 0.4) is 0 Å². The number of likely N-dealkylation sites (N-methyl/N-ethyl adjacent to an activating group) is 1. The molecule has 3 N–H and O–H groups in total. The quantitative estimate of drug-likeness (QED) is 0.172. The molecular formula is C32H61F2N5O7S2. The van der Waals surface area contributed by atoms with Gasteiger partial charge >= 0.3 is 0 Å². The van der Waals surface area contributed by atoms with Gasteiger partial charge in [0, 0.05) is 58.5 Å². The van der Waals surface area contributed by atoms with Crippen molar-refractivity contribution >= 4 is 31.9 Å². The van der Waals surface area contributed by atoms with E-state index in [9.17, 15) is 40.3 Å². The Balaban J connectivity index is 2.38. The van der Waals surface area contributed by atoms with Gasteiger partial charge in [0.15, 0.2) is 0 Å². The van der Waals surface area contributed by atoms with E-state index in [1.54, 1.807) is 25.7 Å². The van der Waals surface area contributed by atoms with Crippen LogP contribution in [0.1, 0.15) is 92.4 Å². The van der Waals surface area contributed by atoms with E-state index >= 15 is 0 Å². The first-order valence-electron chi connectivity index (χ1n) is 17.5. The molecule has 16 heteroatoms. The molecule has 0 spiro atoms. The number of halogens is 2. The predicted octanol–water partition coefficient (Wildman–Crippen LogP) is 2.84. The second kappa shape index (κ2) is 19.2. The smallest absolute Gasteiger partial charge is 0.225 e. The molecule has 282 valence electrons. The standard InChI is InChI=1S/C32H61F2N5O7S2/c1-8-11-38(12-9-2)32(42)25-16-24(17-28(18-25)48(45,46)37(6)7)31(41)35-29(15-23-13-26(33)19-27(34)14-23)30(40)20-39(10-3)36-47(43,44)21-22(4)5/h22-30,36,40H,8-21H2,1-7H3,(H,35,41). The molecule has 2 aliphatic rings. The fourth-order valence-corrected chi connectivity index (χ4v) is 10.2. The number of carbonyl (C=O) groups is 2. The number of nitrogens with zero attached hydrogens (tertiary/aromatic N) is 3. The number of rotatable bonds is 19. The molecule has 48 heavy (non-hydrogen) atoms. The molecule has 2 fully saturated rings. The van der Waals surface area contributed by atoms with Crippen LogP contribution in [0.5, 0.6) is 0 Å². The third kappa shape index (κ3) is 13.0. The average Bonchev–Trinajstić information content (AvgIpc) is 2.98. The van der Waals surface area contributed by atoms with Gasteiger partial charge in [0.05, 0.1) is 23.1 Å². The number of amides is 2. The van der Waals surface area contributed by atoms with E-state index in [-0.39, 0.29) is 75.6 Å². The third-order valence-corrected chi connectivity index (χ3v) is 13.2. The highest BCUT2D eigenvalue weighted by molar-refractivity contribution is 7.89. The molecule has 0 aliphatic heterocycles. The van der Waals surface area contributed by atoms with Gasteiger partial charge in [-0.3, -0.25) is 9.59 Å². The minimum atomic E-state index is -3.83. The molecule has 0 bridgehead atoms. The Labute approximate surface area is 287 Å². The summed E-state index contributed by atoms with van der Waals surface area (Å²) in [4.78, 5) is 31.9. The zero-order valence-electron chi connectivity index (χ0n) is 29.9. The lowest BCUT2D eigenvalue weighted by atomic mass is 9.79. The van der Waals surface area contributed by atoms with Crippen LogP contribution in [0, 0.1) is 23.7 Å². The van der Waals surface area contributed by atoms with Crippen molar-refractivity contribution in [3.05, 3.63) is 0 Å². The van der Waals surface area contributed by atoms with Crippen LogP contribution in [0.4, 0.5) is 8.78 Å². The summed E-state index contributed by atoms with van der Waals surface area (Å²) in [5.74, 6) is -3.10. The lowest BCUT2D eigenvalue weighted by Crippen LogP contribution is -2.55. The van der Waals surface area contributed by atoms with Gasteiger partial charge in [-0.2, -0.15) is 0 Å². The summed E-state index contributed by atoms with van der Waals surface area (Å²) in [5.41, 5.74) is 0. The van der Waals surface area contributed by atoms with Gasteiger partial charge < -0.3 is 15.3 Å².